The van der Waals surface area contributed by atoms with Gasteiger partial charge >= 0.3 is 0 Å². The molecule has 1 atom stereocenters. The number of amides is 3. The lowest BCUT2D eigenvalue weighted by Gasteiger charge is -2.34. The molecule has 4 heterocycles. The number of carbonyl (C=O) groups is 3. The minimum absolute atomic E-state index is 0.0219. The molecule has 2 aliphatic rings. The first-order valence-corrected chi connectivity index (χ1v) is 12.0. The zero-order valence-corrected chi connectivity index (χ0v) is 19.4. The fourth-order valence-corrected chi connectivity index (χ4v) is 5.02. The van der Waals surface area contributed by atoms with Gasteiger partial charge in [-0.1, -0.05) is 18.2 Å². The lowest BCUT2D eigenvalue weighted by molar-refractivity contribution is -0.141. The second-order valence-electron chi connectivity index (χ2n) is 9.07. The summed E-state index contributed by atoms with van der Waals surface area (Å²) in [5.74, 6) is -0.787. The molecule has 0 radical (unpaired) electrons. The average Bonchev–Trinajstić information content (AvgIpc) is 3.57. The van der Waals surface area contributed by atoms with Crippen LogP contribution in [-0.4, -0.2) is 68.0 Å². The highest BCUT2D eigenvalue weighted by molar-refractivity contribution is 6.00. The first-order chi connectivity index (χ1) is 17.0. The highest BCUT2D eigenvalue weighted by Crippen LogP contribution is 2.28. The van der Waals surface area contributed by atoms with Gasteiger partial charge in [-0.25, -0.2) is 4.68 Å². The van der Waals surface area contributed by atoms with Crippen molar-refractivity contribution in [2.75, 3.05) is 19.6 Å². The van der Waals surface area contributed by atoms with Crippen LogP contribution < -0.4 is 5.73 Å². The Kier molecular flexibility index (Phi) is 6.31. The van der Waals surface area contributed by atoms with Crippen molar-refractivity contribution in [3.63, 3.8) is 0 Å². The van der Waals surface area contributed by atoms with Crippen LogP contribution in [0.2, 0.25) is 0 Å². The number of benzene rings is 1. The number of piperidine rings is 1. The molecule has 9 heteroatoms. The Morgan fingerprint density at radius 2 is 1.71 bits per heavy atom. The minimum atomic E-state index is -0.506. The number of para-hydroxylation sites is 1. The normalized spacial score (nSPS) is 18.6. The SMILES string of the molecule is NC(=O)C1CCCN1C(=O)C1CCN(C(=O)c2cn(-c3ccccc3)nc2-c2cccnc2)CC1. The molecule has 180 valence electrons. The zero-order chi connectivity index (χ0) is 24.4. The van der Waals surface area contributed by atoms with E-state index in [1.807, 2.05) is 42.5 Å². The summed E-state index contributed by atoms with van der Waals surface area (Å²) in [7, 11) is 0. The first-order valence-electron chi connectivity index (χ1n) is 12.0. The third-order valence-corrected chi connectivity index (χ3v) is 6.90. The van der Waals surface area contributed by atoms with Gasteiger partial charge in [-0.3, -0.25) is 19.4 Å². The molecule has 1 unspecified atom stereocenters. The van der Waals surface area contributed by atoms with Crippen molar-refractivity contribution < 1.29 is 14.4 Å². The standard InChI is InChI=1S/C26H28N6O3/c27-24(33)22-9-5-13-31(22)25(34)18-10-14-30(15-11-18)26(35)21-17-32(20-7-2-1-3-8-20)29-23(21)19-6-4-12-28-16-19/h1-4,6-8,12,16-18,22H,5,9-11,13-15H2,(H2,27,33). The number of likely N-dealkylation sites (tertiary alicyclic amines) is 2. The zero-order valence-electron chi connectivity index (χ0n) is 19.4. The maximum absolute atomic E-state index is 13.6. The minimum Gasteiger partial charge on any atom is -0.368 e. The van der Waals surface area contributed by atoms with E-state index in [1.165, 1.54) is 0 Å². The molecule has 0 bridgehead atoms. The summed E-state index contributed by atoms with van der Waals surface area (Å²) in [4.78, 5) is 46.0. The van der Waals surface area contributed by atoms with Gasteiger partial charge in [-0.2, -0.15) is 5.10 Å². The van der Waals surface area contributed by atoms with Gasteiger partial charge in [-0.05, 0) is 49.9 Å². The lowest BCUT2D eigenvalue weighted by atomic mass is 9.94. The van der Waals surface area contributed by atoms with Crippen LogP contribution in [0.25, 0.3) is 16.9 Å². The second kappa shape index (κ2) is 9.69. The molecule has 2 N–H and O–H groups in total. The quantitative estimate of drug-likeness (QED) is 0.612. The summed E-state index contributed by atoms with van der Waals surface area (Å²) >= 11 is 0. The molecule has 35 heavy (non-hydrogen) atoms. The van der Waals surface area contributed by atoms with E-state index in [2.05, 4.69) is 4.98 Å². The van der Waals surface area contributed by atoms with Gasteiger partial charge in [0, 0.05) is 49.7 Å². The summed E-state index contributed by atoms with van der Waals surface area (Å²) in [5, 5.41) is 4.71. The van der Waals surface area contributed by atoms with Crippen molar-refractivity contribution in [2.45, 2.75) is 31.7 Å². The van der Waals surface area contributed by atoms with Crippen molar-refractivity contribution >= 4 is 17.7 Å². The van der Waals surface area contributed by atoms with Crippen molar-refractivity contribution in [3.8, 4) is 16.9 Å². The van der Waals surface area contributed by atoms with E-state index in [0.29, 0.717) is 50.2 Å². The van der Waals surface area contributed by atoms with E-state index in [9.17, 15) is 14.4 Å². The van der Waals surface area contributed by atoms with Crippen LogP contribution in [0, 0.1) is 5.92 Å². The Bertz CT molecular complexity index is 1220. The third kappa shape index (κ3) is 4.53. The Morgan fingerprint density at radius 1 is 0.943 bits per heavy atom. The van der Waals surface area contributed by atoms with Crippen molar-refractivity contribution in [3.05, 3.63) is 66.6 Å². The summed E-state index contributed by atoms with van der Waals surface area (Å²) in [6.07, 6.45) is 7.68. The number of pyridine rings is 1. The van der Waals surface area contributed by atoms with Gasteiger partial charge < -0.3 is 15.5 Å². The second-order valence-corrected chi connectivity index (χ2v) is 9.07. The van der Waals surface area contributed by atoms with Crippen LogP contribution >= 0.6 is 0 Å². The monoisotopic (exact) mass is 472 g/mol. The molecule has 2 fully saturated rings. The van der Waals surface area contributed by atoms with Crippen LogP contribution in [0.4, 0.5) is 0 Å². The predicted octanol–water partition coefficient (Wildman–Crippen LogP) is 2.26. The molecule has 5 rings (SSSR count). The molecule has 3 amide bonds. The fraction of sp³-hybridized carbons (Fsp3) is 0.346. The molecule has 2 aromatic heterocycles. The van der Waals surface area contributed by atoms with Crippen molar-refractivity contribution in [1.82, 2.24) is 24.6 Å². The van der Waals surface area contributed by atoms with Crippen LogP contribution in [0.15, 0.2) is 61.1 Å². The van der Waals surface area contributed by atoms with Crippen LogP contribution in [-0.2, 0) is 9.59 Å². The van der Waals surface area contributed by atoms with Gasteiger partial charge in [0.15, 0.2) is 0 Å². The molecule has 9 nitrogen and oxygen atoms in total. The van der Waals surface area contributed by atoms with E-state index in [4.69, 9.17) is 10.8 Å². The highest BCUT2D eigenvalue weighted by Gasteiger charge is 2.38. The molecule has 1 aromatic carbocycles. The number of nitrogens with two attached hydrogens (primary N) is 1. The largest absolute Gasteiger partial charge is 0.368 e. The number of hydrogen-bond acceptors (Lipinski definition) is 5. The maximum Gasteiger partial charge on any atom is 0.257 e. The number of aromatic nitrogens is 3. The van der Waals surface area contributed by atoms with Gasteiger partial charge in [0.25, 0.3) is 5.91 Å². The van der Waals surface area contributed by atoms with Crippen LogP contribution in [0.5, 0.6) is 0 Å². The molecule has 0 aliphatic carbocycles. The van der Waals surface area contributed by atoms with Gasteiger partial charge in [0.2, 0.25) is 11.8 Å². The molecule has 0 saturated carbocycles. The molecule has 3 aromatic rings. The van der Waals surface area contributed by atoms with E-state index >= 15 is 0 Å². The van der Waals surface area contributed by atoms with E-state index in [0.717, 1.165) is 17.7 Å². The molecule has 2 aliphatic heterocycles. The van der Waals surface area contributed by atoms with Gasteiger partial charge in [0.05, 0.1) is 11.3 Å². The van der Waals surface area contributed by atoms with E-state index < -0.39 is 11.9 Å². The number of primary amides is 1. The lowest BCUT2D eigenvalue weighted by Crippen LogP contribution is -2.49. The van der Waals surface area contributed by atoms with Gasteiger partial charge in [-0.15, -0.1) is 0 Å². The van der Waals surface area contributed by atoms with Crippen molar-refractivity contribution in [2.24, 2.45) is 11.7 Å². The van der Waals surface area contributed by atoms with Crippen LogP contribution in [0.3, 0.4) is 0 Å². The Balaban J connectivity index is 1.34. The number of hydrogen-bond donors (Lipinski definition) is 1. The van der Waals surface area contributed by atoms with Crippen molar-refractivity contribution in [1.29, 1.82) is 0 Å². The Labute approximate surface area is 203 Å². The predicted molar refractivity (Wildman–Crippen MR) is 129 cm³/mol. The smallest absolute Gasteiger partial charge is 0.257 e. The number of nitrogens with zero attached hydrogens (tertiary/aromatic N) is 5. The highest BCUT2D eigenvalue weighted by atomic mass is 16.2. The average molecular weight is 473 g/mol. The first kappa shape index (κ1) is 22.8. The summed E-state index contributed by atoms with van der Waals surface area (Å²) in [6.45, 7) is 1.50. The van der Waals surface area contributed by atoms with E-state index in [1.54, 1.807) is 33.1 Å². The molecule has 0 spiro atoms. The maximum atomic E-state index is 13.6. The van der Waals surface area contributed by atoms with Gasteiger partial charge in [0.1, 0.15) is 11.7 Å². The summed E-state index contributed by atoms with van der Waals surface area (Å²) < 4.78 is 1.71. The van der Waals surface area contributed by atoms with Crippen LogP contribution in [0.1, 0.15) is 36.0 Å². The third-order valence-electron chi connectivity index (χ3n) is 6.90. The molecular weight excluding hydrogens is 444 g/mol. The number of rotatable bonds is 5. The van der Waals surface area contributed by atoms with E-state index in [-0.39, 0.29) is 17.7 Å². The summed E-state index contributed by atoms with van der Waals surface area (Å²) in [5.41, 5.74) is 8.19. The molecular formula is C26H28N6O3. The Hall–Kier alpha value is -4.01. The summed E-state index contributed by atoms with van der Waals surface area (Å²) in [6, 6.07) is 12.8. The number of carbonyl (C=O) groups excluding carboxylic acids is 3. The topological polar surface area (TPSA) is 114 Å². The fourth-order valence-electron chi connectivity index (χ4n) is 5.02. The molecule has 2 saturated heterocycles. The Morgan fingerprint density at radius 3 is 2.40 bits per heavy atom.